The van der Waals surface area contributed by atoms with Gasteiger partial charge in [0, 0.05) is 18.2 Å². The summed E-state index contributed by atoms with van der Waals surface area (Å²) in [6.45, 7) is 2.09. The number of rotatable bonds is 5. The average molecular weight is 273 g/mol. The first kappa shape index (κ1) is 13.0. The molecule has 0 radical (unpaired) electrons. The van der Waals surface area contributed by atoms with Crippen LogP contribution in [0.3, 0.4) is 0 Å². The Morgan fingerprint density at radius 1 is 1.37 bits per heavy atom. The fourth-order valence-electron chi connectivity index (χ4n) is 2.47. The number of hydrogen-bond acceptors (Lipinski definition) is 2. The van der Waals surface area contributed by atoms with Crippen LogP contribution in [0.4, 0.5) is 13.2 Å². The van der Waals surface area contributed by atoms with Crippen molar-refractivity contribution in [1.82, 2.24) is 15.1 Å². The highest BCUT2D eigenvalue weighted by Crippen LogP contribution is 2.42. The van der Waals surface area contributed by atoms with Crippen LogP contribution in [-0.4, -0.2) is 15.8 Å². The second kappa shape index (κ2) is 4.51. The summed E-state index contributed by atoms with van der Waals surface area (Å²) in [7, 11) is 0. The van der Waals surface area contributed by atoms with Crippen molar-refractivity contribution >= 4 is 0 Å². The molecule has 2 fully saturated rings. The second-order valence-electron chi connectivity index (χ2n) is 5.69. The molecule has 0 bridgehead atoms. The summed E-state index contributed by atoms with van der Waals surface area (Å²) in [5.41, 5.74) is -0.299. The van der Waals surface area contributed by atoms with Gasteiger partial charge in [0.1, 0.15) is 5.69 Å². The summed E-state index contributed by atoms with van der Waals surface area (Å²) in [6, 6.07) is 0.233. The topological polar surface area (TPSA) is 29.9 Å². The lowest BCUT2D eigenvalue weighted by atomic mass is 10.2. The Kier molecular flexibility index (Phi) is 3.08. The number of aromatic nitrogens is 2. The summed E-state index contributed by atoms with van der Waals surface area (Å²) in [5, 5.41) is 7.13. The lowest BCUT2D eigenvalue weighted by molar-refractivity contribution is -0.145. The highest BCUT2D eigenvalue weighted by atomic mass is 19.4. The van der Waals surface area contributed by atoms with Crippen LogP contribution in [0, 0.1) is 5.92 Å². The molecule has 2 aliphatic carbocycles. The molecule has 1 unspecified atom stereocenters. The fourth-order valence-corrected chi connectivity index (χ4v) is 2.47. The van der Waals surface area contributed by atoms with Gasteiger partial charge in [-0.05, 0) is 38.5 Å². The van der Waals surface area contributed by atoms with E-state index in [1.54, 1.807) is 0 Å². The molecular weight excluding hydrogens is 255 g/mol. The zero-order chi connectivity index (χ0) is 13.6. The SMILES string of the molecule is CC(C1CC1)n1ncc(CNC2CC2)c1C(F)(F)F. The van der Waals surface area contributed by atoms with E-state index in [9.17, 15) is 13.2 Å². The van der Waals surface area contributed by atoms with Gasteiger partial charge in [0.25, 0.3) is 0 Å². The minimum Gasteiger partial charge on any atom is -0.310 e. The third-order valence-electron chi connectivity index (χ3n) is 3.99. The van der Waals surface area contributed by atoms with Crippen LogP contribution >= 0.6 is 0 Å². The van der Waals surface area contributed by atoms with Gasteiger partial charge < -0.3 is 5.32 Å². The van der Waals surface area contributed by atoms with E-state index >= 15 is 0 Å². The van der Waals surface area contributed by atoms with Crippen molar-refractivity contribution in [2.75, 3.05) is 0 Å². The van der Waals surface area contributed by atoms with Gasteiger partial charge in [-0.15, -0.1) is 0 Å². The van der Waals surface area contributed by atoms with E-state index in [1.165, 1.54) is 10.9 Å². The van der Waals surface area contributed by atoms with E-state index in [2.05, 4.69) is 10.4 Å². The molecule has 1 N–H and O–H groups in total. The molecule has 19 heavy (non-hydrogen) atoms. The molecule has 0 aromatic carbocycles. The van der Waals surface area contributed by atoms with Gasteiger partial charge in [0.15, 0.2) is 0 Å². The number of hydrogen-bond donors (Lipinski definition) is 1. The van der Waals surface area contributed by atoms with Crippen LogP contribution in [0.2, 0.25) is 0 Å². The Labute approximate surface area is 110 Å². The van der Waals surface area contributed by atoms with E-state index in [4.69, 9.17) is 0 Å². The van der Waals surface area contributed by atoms with Crippen LogP contribution in [0.15, 0.2) is 6.20 Å². The molecule has 0 amide bonds. The summed E-state index contributed by atoms with van der Waals surface area (Å²) in [4.78, 5) is 0. The van der Waals surface area contributed by atoms with E-state index in [0.717, 1.165) is 25.7 Å². The molecule has 1 aromatic heterocycles. The fraction of sp³-hybridized carbons (Fsp3) is 0.769. The lowest BCUT2D eigenvalue weighted by Gasteiger charge is -2.18. The highest BCUT2D eigenvalue weighted by molar-refractivity contribution is 5.22. The van der Waals surface area contributed by atoms with Gasteiger partial charge in [-0.25, -0.2) is 0 Å². The predicted molar refractivity (Wildman–Crippen MR) is 64.5 cm³/mol. The first-order chi connectivity index (χ1) is 8.97. The van der Waals surface area contributed by atoms with Gasteiger partial charge in [-0.3, -0.25) is 4.68 Å². The largest absolute Gasteiger partial charge is 0.433 e. The maximum absolute atomic E-state index is 13.2. The molecule has 3 rings (SSSR count). The summed E-state index contributed by atoms with van der Waals surface area (Å²) >= 11 is 0. The number of halogens is 3. The van der Waals surface area contributed by atoms with E-state index in [-0.39, 0.29) is 18.2 Å². The molecule has 6 heteroatoms. The van der Waals surface area contributed by atoms with Crippen molar-refractivity contribution in [1.29, 1.82) is 0 Å². The Balaban J connectivity index is 1.85. The number of nitrogens with zero attached hydrogens (tertiary/aromatic N) is 2. The molecule has 0 saturated heterocycles. The number of nitrogens with one attached hydrogen (secondary N) is 1. The second-order valence-corrected chi connectivity index (χ2v) is 5.69. The molecule has 106 valence electrons. The smallest absolute Gasteiger partial charge is 0.310 e. The van der Waals surface area contributed by atoms with Crippen molar-refractivity contribution < 1.29 is 13.2 Å². The minimum atomic E-state index is -4.33. The van der Waals surface area contributed by atoms with Gasteiger partial charge in [-0.2, -0.15) is 18.3 Å². The monoisotopic (exact) mass is 273 g/mol. The zero-order valence-electron chi connectivity index (χ0n) is 10.9. The van der Waals surface area contributed by atoms with Gasteiger partial charge in [0.2, 0.25) is 0 Å². The first-order valence-electron chi connectivity index (χ1n) is 6.84. The molecule has 2 aliphatic rings. The quantitative estimate of drug-likeness (QED) is 0.893. The lowest BCUT2D eigenvalue weighted by Crippen LogP contribution is -2.23. The third-order valence-corrected chi connectivity index (χ3v) is 3.99. The van der Waals surface area contributed by atoms with Gasteiger partial charge >= 0.3 is 6.18 Å². The predicted octanol–water partition coefficient (Wildman–Crippen LogP) is 3.12. The van der Waals surface area contributed by atoms with Gasteiger partial charge in [0.05, 0.1) is 12.2 Å². The maximum Gasteiger partial charge on any atom is 0.433 e. The highest BCUT2D eigenvalue weighted by Gasteiger charge is 2.41. The molecule has 2 saturated carbocycles. The summed E-state index contributed by atoms with van der Waals surface area (Å²) < 4.78 is 40.9. The van der Waals surface area contributed by atoms with E-state index in [0.29, 0.717) is 12.0 Å². The molecule has 0 aliphatic heterocycles. The Morgan fingerprint density at radius 3 is 2.58 bits per heavy atom. The standard InChI is InChI=1S/C13H18F3N3/c1-8(9-2-3-9)19-12(13(14,15)16)10(7-18-19)6-17-11-4-5-11/h7-9,11,17H,2-6H2,1H3. The van der Waals surface area contributed by atoms with E-state index < -0.39 is 11.9 Å². The number of alkyl halides is 3. The molecule has 3 nitrogen and oxygen atoms in total. The third kappa shape index (κ3) is 2.78. The average Bonchev–Trinajstić information content (AvgIpc) is 3.21. The van der Waals surface area contributed by atoms with Crippen LogP contribution < -0.4 is 5.32 Å². The first-order valence-corrected chi connectivity index (χ1v) is 6.84. The Bertz CT molecular complexity index is 458. The Morgan fingerprint density at radius 2 is 2.05 bits per heavy atom. The minimum absolute atomic E-state index is 0.161. The van der Waals surface area contributed by atoms with Crippen LogP contribution in [0.1, 0.15) is 49.9 Å². The molecule has 1 aromatic rings. The molecule has 0 spiro atoms. The van der Waals surface area contributed by atoms with Crippen LogP contribution in [0.5, 0.6) is 0 Å². The van der Waals surface area contributed by atoms with Crippen molar-refractivity contribution in [3.63, 3.8) is 0 Å². The molecular formula is C13H18F3N3. The van der Waals surface area contributed by atoms with Crippen LogP contribution in [-0.2, 0) is 12.7 Å². The molecule has 1 atom stereocenters. The van der Waals surface area contributed by atoms with Crippen molar-refractivity contribution in [3.05, 3.63) is 17.5 Å². The van der Waals surface area contributed by atoms with E-state index in [1.807, 2.05) is 6.92 Å². The van der Waals surface area contributed by atoms with Crippen molar-refractivity contribution in [2.45, 2.75) is 57.4 Å². The van der Waals surface area contributed by atoms with Crippen molar-refractivity contribution in [3.8, 4) is 0 Å². The maximum atomic E-state index is 13.2. The molecule has 1 heterocycles. The van der Waals surface area contributed by atoms with Crippen molar-refractivity contribution in [2.24, 2.45) is 5.92 Å². The summed E-state index contributed by atoms with van der Waals surface area (Å²) in [5.74, 6) is 0.352. The van der Waals surface area contributed by atoms with Gasteiger partial charge in [-0.1, -0.05) is 0 Å². The normalized spacial score (nSPS) is 21.7. The summed E-state index contributed by atoms with van der Waals surface area (Å²) in [6.07, 6.45) is 1.18. The zero-order valence-corrected chi connectivity index (χ0v) is 10.9. The Hall–Kier alpha value is -1.04. The van der Waals surface area contributed by atoms with Crippen LogP contribution in [0.25, 0.3) is 0 Å².